The first-order chi connectivity index (χ1) is 18.3. The van der Waals surface area contributed by atoms with Crippen LogP contribution in [0, 0.1) is 12.8 Å². The number of carbonyl (C=O) groups excluding carboxylic acids is 1. The van der Waals surface area contributed by atoms with Gasteiger partial charge in [-0.1, -0.05) is 23.7 Å². The number of aromatic nitrogens is 4. The lowest BCUT2D eigenvalue weighted by atomic mass is 9.85. The van der Waals surface area contributed by atoms with Crippen molar-refractivity contribution < 1.29 is 4.79 Å². The van der Waals surface area contributed by atoms with E-state index >= 15 is 0 Å². The van der Waals surface area contributed by atoms with Gasteiger partial charge in [-0.25, -0.2) is 9.78 Å². The van der Waals surface area contributed by atoms with Gasteiger partial charge in [-0.05, 0) is 82.7 Å². The fourth-order valence-electron chi connectivity index (χ4n) is 5.28. The molecule has 1 fully saturated rings. The number of para-hydroxylation sites is 2. The molecule has 0 radical (unpaired) electrons. The molecule has 0 atom stereocenters. The van der Waals surface area contributed by atoms with Crippen LogP contribution < -0.4 is 16.3 Å². The van der Waals surface area contributed by atoms with E-state index in [0.29, 0.717) is 28.7 Å². The molecule has 38 heavy (non-hydrogen) atoms. The number of rotatable bonds is 7. The van der Waals surface area contributed by atoms with E-state index in [-0.39, 0.29) is 23.7 Å². The molecule has 1 amide bonds. The van der Waals surface area contributed by atoms with Gasteiger partial charge in [0, 0.05) is 24.8 Å². The minimum atomic E-state index is -0.136. The molecule has 1 aliphatic carbocycles. The number of carbonyl (C=O) groups is 1. The topological polar surface area (TPSA) is 93.8 Å². The number of anilines is 1. The zero-order chi connectivity index (χ0) is 26.8. The van der Waals surface area contributed by atoms with Crippen LogP contribution in [0.25, 0.3) is 16.7 Å². The number of aryl methyl sites for hydroxylation is 1. The average molecular weight is 533 g/mol. The maximum atomic E-state index is 13.7. The van der Waals surface area contributed by atoms with Crippen molar-refractivity contribution in [1.82, 2.24) is 24.4 Å². The van der Waals surface area contributed by atoms with E-state index in [9.17, 15) is 9.59 Å². The Morgan fingerprint density at radius 2 is 1.79 bits per heavy atom. The minimum Gasteiger partial charge on any atom is -0.368 e. The highest BCUT2D eigenvalue weighted by molar-refractivity contribution is 6.30. The molecule has 3 heterocycles. The second-order valence-electron chi connectivity index (χ2n) is 10.4. The largest absolute Gasteiger partial charge is 0.368 e. The van der Waals surface area contributed by atoms with Crippen molar-refractivity contribution in [2.45, 2.75) is 65.1 Å². The molecule has 9 heteroatoms. The highest BCUT2D eigenvalue weighted by Gasteiger charge is 2.25. The number of benzene rings is 1. The van der Waals surface area contributed by atoms with E-state index in [0.717, 1.165) is 48.2 Å². The summed E-state index contributed by atoms with van der Waals surface area (Å²) in [5.74, 6) is 1.00. The van der Waals surface area contributed by atoms with E-state index in [1.165, 1.54) is 0 Å². The third-order valence-electron chi connectivity index (χ3n) is 7.20. The number of hydrogen-bond acceptors (Lipinski definition) is 5. The third-order valence-corrected chi connectivity index (χ3v) is 7.41. The van der Waals surface area contributed by atoms with E-state index < -0.39 is 0 Å². The predicted octanol–water partition coefficient (Wildman–Crippen LogP) is 5.35. The first-order valence-electron chi connectivity index (χ1n) is 13.2. The summed E-state index contributed by atoms with van der Waals surface area (Å²) in [6, 6.07) is 13.8. The monoisotopic (exact) mass is 532 g/mol. The van der Waals surface area contributed by atoms with Crippen LogP contribution in [-0.2, 0) is 6.54 Å². The fourth-order valence-corrected chi connectivity index (χ4v) is 5.44. The normalized spacial score (nSPS) is 17.6. The molecule has 5 rings (SSSR count). The van der Waals surface area contributed by atoms with Crippen LogP contribution >= 0.6 is 11.6 Å². The molecule has 0 bridgehead atoms. The van der Waals surface area contributed by atoms with Crippen LogP contribution in [0.4, 0.5) is 5.82 Å². The van der Waals surface area contributed by atoms with Gasteiger partial charge in [0.15, 0.2) is 0 Å². The second kappa shape index (κ2) is 11.0. The summed E-state index contributed by atoms with van der Waals surface area (Å²) < 4.78 is 3.63. The Kier molecular flexibility index (Phi) is 7.51. The van der Waals surface area contributed by atoms with Crippen molar-refractivity contribution in [2.24, 2.45) is 5.92 Å². The maximum Gasteiger partial charge on any atom is 0.333 e. The van der Waals surface area contributed by atoms with Gasteiger partial charge in [0.1, 0.15) is 5.82 Å². The smallest absolute Gasteiger partial charge is 0.333 e. The van der Waals surface area contributed by atoms with Gasteiger partial charge in [-0.2, -0.15) is 0 Å². The van der Waals surface area contributed by atoms with Crippen molar-refractivity contribution in [3.63, 3.8) is 0 Å². The lowest BCUT2D eigenvalue weighted by Crippen LogP contribution is -2.39. The van der Waals surface area contributed by atoms with Crippen molar-refractivity contribution in [2.75, 3.05) is 5.32 Å². The average Bonchev–Trinajstić information content (AvgIpc) is 3.17. The first-order valence-corrected chi connectivity index (χ1v) is 13.5. The summed E-state index contributed by atoms with van der Waals surface area (Å²) in [5, 5.41) is 6.89. The van der Waals surface area contributed by atoms with E-state index in [4.69, 9.17) is 11.6 Å². The Labute approximate surface area is 227 Å². The number of amides is 1. The van der Waals surface area contributed by atoms with Crippen LogP contribution in [0.3, 0.4) is 0 Å². The van der Waals surface area contributed by atoms with Crippen LogP contribution in [0.1, 0.15) is 55.6 Å². The summed E-state index contributed by atoms with van der Waals surface area (Å²) in [6.07, 6.45) is 6.89. The van der Waals surface area contributed by atoms with Gasteiger partial charge in [0.2, 0.25) is 0 Å². The summed E-state index contributed by atoms with van der Waals surface area (Å²) in [7, 11) is 0. The van der Waals surface area contributed by atoms with Crippen LogP contribution in [0.5, 0.6) is 0 Å². The summed E-state index contributed by atoms with van der Waals surface area (Å²) in [5.41, 5.74) is 3.66. The maximum absolute atomic E-state index is 13.7. The van der Waals surface area contributed by atoms with Gasteiger partial charge >= 0.3 is 5.69 Å². The number of pyridine rings is 2. The minimum absolute atomic E-state index is 0.0584. The molecule has 2 N–H and O–H groups in total. The van der Waals surface area contributed by atoms with Gasteiger partial charge < -0.3 is 10.6 Å². The Morgan fingerprint density at radius 1 is 1.05 bits per heavy atom. The van der Waals surface area contributed by atoms with Gasteiger partial charge in [-0.15, -0.1) is 0 Å². The van der Waals surface area contributed by atoms with E-state index in [1.807, 2.05) is 47.9 Å². The molecule has 0 spiro atoms. The summed E-state index contributed by atoms with van der Waals surface area (Å²) in [4.78, 5) is 35.1. The number of imidazole rings is 1. The van der Waals surface area contributed by atoms with E-state index in [1.54, 1.807) is 23.0 Å². The molecule has 1 saturated carbocycles. The Morgan fingerprint density at radius 3 is 2.47 bits per heavy atom. The quantitative estimate of drug-likeness (QED) is 0.334. The molecule has 1 aliphatic rings. The lowest BCUT2D eigenvalue weighted by Gasteiger charge is -2.29. The number of nitrogens with zero attached hydrogens (tertiary/aromatic N) is 4. The molecule has 4 aromatic rings. The number of fused-ring (bicyclic) bond motifs is 1. The molecular weight excluding hydrogens is 500 g/mol. The molecule has 8 nitrogen and oxygen atoms in total. The fraction of sp³-hybridized carbons (Fsp3) is 0.379. The molecule has 0 unspecified atom stereocenters. The molecule has 3 aromatic heterocycles. The molecule has 1 aromatic carbocycles. The zero-order valence-corrected chi connectivity index (χ0v) is 22.7. The molecule has 198 valence electrons. The Balaban J connectivity index is 1.30. The van der Waals surface area contributed by atoms with Crippen molar-refractivity contribution in [3.8, 4) is 5.69 Å². The highest BCUT2D eigenvalue weighted by atomic mass is 35.5. The van der Waals surface area contributed by atoms with Crippen molar-refractivity contribution in [1.29, 1.82) is 0 Å². The van der Waals surface area contributed by atoms with E-state index in [2.05, 4.69) is 34.4 Å². The lowest BCUT2D eigenvalue weighted by molar-refractivity contribution is 0.0919. The van der Waals surface area contributed by atoms with Crippen LogP contribution in [-0.4, -0.2) is 37.1 Å². The van der Waals surface area contributed by atoms with Crippen molar-refractivity contribution >= 4 is 34.4 Å². The number of nitrogens with one attached hydrogen (secondary N) is 2. The molecule has 0 aliphatic heterocycles. The number of hydrogen-bond donors (Lipinski definition) is 2. The zero-order valence-electron chi connectivity index (χ0n) is 21.9. The third kappa shape index (κ3) is 5.45. The predicted molar refractivity (Wildman–Crippen MR) is 151 cm³/mol. The number of halogens is 1. The molecule has 0 saturated heterocycles. The Hall–Kier alpha value is -3.65. The first kappa shape index (κ1) is 26.0. The highest BCUT2D eigenvalue weighted by Crippen LogP contribution is 2.28. The van der Waals surface area contributed by atoms with Gasteiger partial charge in [0.25, 0.3) is 5.91 Å². The van der Waals surface area contributed by atoms with Gasteiger partial charge in [0.05, 0.1) is 39.2 Å². The molecular formula is C29H33ClN6O2. The standard InChI is InChI=1S/C29H33ClN6O2/c1-18(2)33-27-13-12-23(16-32-27)36-26-7-5-4-6-25(26)35(29(36)38)17-20-8-10-22(11-9-20)34-28(37)24-14-21(30)15-31-19(24)3/h4-7,12-16,18,20,22H,8-11,17H2,1-3H3,(H,32,33)(H,34,37). The second-order valence-corrected chi connectivity index (χ2v) is 10.8. The SMILES string of the molecule is Cc1ncc(Cl)cc1C(=O)NC1CCC(Cn2c(=O)n(-c3ccc(NC(C)C)nc3)c3ccccc32)CC1. The van der Waals surface area contributed by atoms with Crippen molar-refractivity contribution in [3.05, 3.63) is 81.6 Å². The van der Waals surface area contributed by atoms with Crippen LogP contribution in [0.15, 0.2) is 59.7 Å². The van der Waals surface area contributed by atoms with Gasteiger partial charge in [-0.3, -0.25) is 18.9 Å². The van der Waals surface area contributed by atoms with Crippen LogP contribution in [0.2, 0.25) is 5.02 Å². The summed E-state index contributed by atoms with van der Waals surface area (Å²) in [6.45, 7) is 6.58. The summed E-state index contributed by atoms with van der Waals surface area (Å²) >= 11 is 6.04. The Bertz CT molecular complexity index is 1500.